The van der Waals surface area contributed by atoms with E-state index >= 15 is 0 Å². The molecule has 0 saturated carbocycles. The Hall–Kier alpha value is -4.10. The molecule has 4 rings (SSSR count). The molecule has 0 unspecified atom stereocenters. The van der Waals surface area contributed by atoms with Gasteiger partial charge in [-0.3, -0.25) is 9.59 Å². The first kappa shape index (κ1) is 24.0. The van der Waals surface area contributed by atoms with Crippen molar-refractivity contribution in [1.29, 1.82) is 0 Å². The number of ketones is 1. The summed E-state index contributed by atoms with van der Waals surface area (Å²) in [4.78, 5) is 29.9. The highest BCUT2D eigenvalue weighted by Crippen LogP contribution is 2.33. The minimum atomic E-state index is -0.281. The van der Waals surface area contributed by atoms with Crippen molar-refractivity contribution in [2.24, 2.45) is 0 Å². The van der Waals surface area contributed by atoms with E-state index in [0.29, 0.717) is 45.0 Å². The Balaban J connectivity index is 1.44. The molecule has 0 aliphatic heterocycles. The van der Waals surface area contributed by atoms with Crippen LogP contribution < -0.4 is 14.8 Å². The monoisotopic (exact) mass is 490 g/mol. The molecular formula is C27H23ClN2O5. The van der Waals surface area contributed by atoms with Gasteiger partial charge in [0.05, 0.1) is 31.7 Å². The van der Waals surface area contributed by atoms with Crippen LogP contribution in [0.15, 0.2) is 77.3 Å². The van der Waals surface area contributed by atoms with Crippen LogP contribution in [0.3, 0.4) is 0 Å². The third-order valence-corrected chi connectivity index (χ3v) is 5.57. The molecule has 4 aromatic rings. The van der Waals surface area contributed by atoms with Crippen LogP contribution in [-0.4, -0.2) is 30.9 Å². The maximum atomic E-state index is 13.0. The van der Waals surface area contributed by atoms with E-state index in [1.807, 2.05) is 12.1 Å². The fourth-order valence-electron chi connectivity index (χ4n) is 3.54. The molecule has 0 radical (unpaired) electrons. The summed E-state index contributed by atoms with van der Waals surface area (Å²) in [5.74, 6) is 1.67. The van der Waals surface area contributed by atoms with Gasteiger partial charge in [-0.05, 0) is 30.3 Å². The number of methoxy groups -OCH3 is 2. The Bertz CT molecular complexity index is 1350. The molecule has 0 spiro atoms. The normalized spacial score (nSPS) is 10.6. The average Bonchev–Trinajstić information content (AvgIpc) is 3.37. The van der Waals surface area contributed by atoms with Gasteiger partial charge in [0.15, 0.2) is 17.4 Å². The van der Waals surface area contributed by atoms with Gasteiger partial charge in [0, 0.05) is 35.1 Å². The van der Waals surface area contributed by atoms with Crippen molar-refractivity contribution in [2.75, 3.05) is 19.5 Å². The summed E-state index contributed by atoms with van der Waals surface area (Å²) in [6.45, 7) is 0. The molecule has 1 amide bonds. The van der Waals surface area contributed by atoms with Crippen LogP contribution >= 0.6 is 11.6 Å². The number of aryl methyl sites for hydroxylation is 1. The van der Waals surface area contributed by atoms with Crippen LogP contribution in [0.1, 0.15) is 28.2 Å². The van der Waals surface area contributed by atoms with Crippen LogP contribution in [0.4, 0.5) is 5.69 Å². The summed E-state index contributed by atoms with van der Waals surface area (Å²) in [6.07, 6.45) is 1.98. The lowest BCUT2D eigenvalue weighted by Gasteiger charge is -2.11. The van der Waals surface area contributed by atoms with Gasteiger partial charge in [-0.25, -0.2) is 4.98 Å². The minimum Gasteiger partial charge on any atom is -0.497 e. The zero-order chi connectivity index (χ0) is 24.8. The smallest absolute Gasteiger partial charge is 0.224 e. The first-order valence-electron chi connectivity index (χ1n) is 10.8. The van der Waals surface area contributed by atoms with Crippen LogP contribution in [0, 0.1) is 0 Å². The lowest BCUT2D eigenvalue weighted by Crippen LogP contribution is -2.15. The lowest BCUT2D eigenvalue weighted by atomic mass is 10.0. The molecule has 1 aromatic heterocycles. The molecule has 7 nitrogen and oxygen atoms in total. The quantitative estimate of drug-likeness (QED) is 0.297. The molecule has 3 aromatic carbocycles. The number of carbonyl (C=O) groups is 2. The van der Waals surface area contributed by atoms with Gasteiger partial charge in [-0.15, -0.1) is 0 Å². The Morgan fingerprint density at radius 1 is 1.00 bits per heavy atom. The number of hydrogen-bond donors (Lipinski definition) is 1. The molecular weight excluding hydrogens is 468 g/mol. The second-order valence-electron chi connectivity index (χ2n) is 7.62. The number of hydrogen-bond acceptors (Lipinski definition) is 6. The largest absolute Gasteiger partial charge is 0.497 e. The summed E-state index contributed by atoms with van der Waals surface area (Å²) < 4.78 is 16.5. The maximum Gasteiger partial charge on any atom is 0.224 e. The van der Waals surface area contributed by atoms with Crippen molar-refractivity contribution >= 4 is 29.0 Å². The molecule has 0 aliphatic carbocycles. The average molecular weight is 491 g/mol. The summed E-state index contributed by atoms with van der Waals surface area (Å²) in [5.41, 5.74) is 1.94. The van der Waals surface area contributed by atoms with E-state index in [4.69, 9.17) is 25.5 Å². The number of benzene rings is 3. The Labute approximate surface area is 207 Å². The fourth-order valence-corrected chi connectivity index (χ4v) is 3.72. The molecule has 1 heterocycles. The van der Waals surface area contributed by atoms with Crippen molar-refractivity contribution in [3.63, 3.8) is 0 Å². The van der Waals surface area contributed by atoms with E-state index in [1.165, 1.54) is 0 Å². The van der Waals surface area contributed by atoms with Crippen molar-refractivity contribution in [1.82, 2.24) is 4.98 Å². The SMILES string of the molecule is COc1ccc(-c2cnc(CCC(=O)Nc3ccc(Cl)cc3C(=O)c3ccccc3)o2)c(OC)c1. The van der Waals surface area contributed by atoms with Gasteiger partial charge >= 0.3 is 0 Å². The van der Waals surface area contributed by atoms with Crippen LogP contribution in [-0.2, 0) is 11.2 Å². The van der Waals surface area contributed by atoms with Crippen molar-refractivity contribution in [3.05, 3.63) is 95.0 Å². The number of oxazole rings is 1. The standard InChI is InChI=1S/C27H23ClN2O5/c1-33-19-9-10-20(23(15-19)34-2)24-16-29-26(35-24)13-12-25(31)30-22-11-8-18(28)14-21(22)27(32)17-6-4-3-5-7-17/h3-11,14-16H,12-13H2,1-2H3,(H,30,31). The highest BCUT2D eigenvalue weighted by Gasteiger charge is 2.17. The second kappa shape index (κ2) is 10.9. The van der Waals surface area contributed by atoms with Gasteiger partial charge in [0.2, 0.25) is 5.91 Å². The molecule has 1 N–H and O–H groups in total. The third kappa shape index (κ3) is 5.70. The van der Waals surface area contributed by atoms with E-state index in [2.05, 4.69) is 10.3 Å². The number of carbonyl (C=O) groups excluding carboxylic acids is 2. The Morgan fingerprint density at radius 2 is 1.80 bits per heavy atom. The number of aromatic nitrogens is 1. The van der Waals surface area contributed by atoms with Gasteiger partial charge in [-0.1, -0.05) is 41.9 Å². The minimum absolute atomic E-state index is 0.112. The number of halogens is 1. The van der Waals surface area contributed by atoms with E-state index in [9.17, 15) is 9.59 Å². The second-order valence-corrected chi connectivity index (χ2v) is 8.05. The van der Waals surface area contributed by atoms with E-state index in [-0.39, 0.29) is 24.5 Å². The first-order valence-corrected chi connectivity index (χ1v) is 11.2. The Kier molecular flexibility index (Phi) is 7.48. The summed E-state index contributed by atoms with van der Waals surface area (Å²) >= 11 is 6.12. The number of rotatable bonds is 9. The lowest BCUT2D eigenvalue weighted by molar-refractivity contribution is -0.116. The summed E-state index contributed by atoms with van der Waals surface area (Å²) in [7, 11) is 3.14. The van der Waals surface area contributed by atoms with Crippen LogP contribution in [0.2, 0.25) is 5.02 Å². The van der Waals surface area contributed by atoms with Crippen molar-refractivity contribution in [2.45, 2.75) is 12.8 Å². The third-order valence-electron chi connectivity index (χ3n) is 5.33. The molecule has 8 heteroatoms. The van der Waals surface area contributed by atoms with Gasteiger partial charge in [0.25, 0.3) is 0 Å². The van der Waals surface area contributed by atoms with Gasteiger partial charge in [-0.2, -0.15) is 0 Å². The molecule has 0 saturated heterocycles. The van der Waals surface area contributed by atoms with Crippen molar-refractivity contribution < 1.29 is 23.5 Å². The van der Waals surface area contributed by atoms with Crippen molar-refractivity contribution in [3.8, 4) is 22.8 Å². The maximum absolute atomic E-state index is 13.0. The van der Waals surface area contributed by atoms with Crippen LogP contribution in [0.25, 0.3) is 11.3 Å². The zero-order valence-corrected chi connectivity index (χ0v) is 20.0. The molecule has 0 aliphatic rings. The van der Waals surface area contributed by atoms with E-state index in [1.54, 1.807) is 75.0 Å². The van der Waals surface area contributed by atoms with Gasteiger partial charge in [0.1, 0.15) is 11.5 Å². The first-order chi connectivity index (χ1) is 17.0. The molecule has 0 atom stereocenters. The van der Waals surface area contributed by atoms with Gasteiger partial charge < -0.3 is 19.2 Å². The highest BCUT2D eigenvalue weighted by molar-refractivity contribution is 6.31. The zero-order valence-electron chi connectivity index (χ0n) is 19.2. The molecule has 0 bridgehead atoms. The Morgan fingerprint density at radius 3 is 2.54 bits per heavy atom. The number of ether oxygens (including phenoxy) is 2. The number of anilines is 1. The highest BCUT2D eigenvalue weighted by atomic mass is 35.5. The molecule has 0 fully saturated rings. The number of nitrogens with zero attached hydrogens (tertiary/aromatic N) is 1. The van der Waals surface area contributed by atoms with E-state index < -0.39 is 0 Å². The predicted molar refractivity (Wildman–Crippen MR) is 133 cm³/mol. The molecule has 35 heavy (non-hydrogen) atoms. The number of nitrogens with one attached hydrogen (secondary N) is 1. The fraction of sp³-hybridized carbons (Fsp3) is 0.148. The summed E-state index contributed by atoms with van der Waals surface area (Å²) in [5, 5.41) is 3.21. The predicted octanol–water partition coefficient (Wildman–Crippen LogP) is 5.81. The number of amides is 1. The summed E-state index contributed by atoms with van der Waals surface area (Å²) in [6, 6.07) is 19.0. The van der Waals surface area contributed by atoms with Crippen LogP contribution in [0.5, 0.6) is 11.5 Å². The molecule has 178 valence electrons. The topological polar surface area (TPSA) is 90.7 Å². The van der Waals surface area contributed by atoms with E-state index in [0.717, 1.165) is 5.56 Å².